The van der Waals surface area contributed by atoms with E-state index in [-0.39, 0.29) is 17.1 Å². The maximum atomic E-state index is 13.1. The van der Waals surface area contributed by atoms with Gasteiger partial charge in [0, 0.05) is 12.0 Å². The molecule has 0 radical (unpaired) electrons. The molecular weight excluding hydrogens is 219 g/mol. The van der Waals surface area contributed by atoms with Crippen LogP contribution in [0.25, 0.3) is 0 Å². The Morgan fingerprint density at radius 2 is 2.18 bits per heavy atom. The second kappa shape index (κ2) is 5.27. The van der Waals surface area contributed by atoms with Crippen LogP contribution >= 0.6 is 0 Å². The van der Waals surface area contributed by atoms with E-state index in [1.54, 1.807) is 13.0 Å². The first-order chi connectivity index (χ1) is 7.83. The summed E-state index contributed by atoms with van der Waals surface area (Å²) in [5.41, 5.74) is 5.98. The molecule has 0 saturated carbocycles. The maximum absolute atomic E-state index is 13.1. The number of nitrogens with one attached hydrogen (secondary N) is 1. The molecule has 0 aliphatic rings. The number of carbonyl (C=O) groups is 1. The lowest BCUT2D eigenvalue weighted by atomic mass is 9.84. The van der Waals surface area contributed by atoms with Crippen LogP contribution in [0.4, 0.5) is 4.39 Å². The van der Waals surface area contributed by atoms with Crippen molar-refractivity contribution < 1.29 is 9.18 Å². The molecule has 0 aliphatic carbocycles. The number of carbonyl (C=O) groups excluding carboxylic acids is 1. The van der Waals surface area contributed by atoms with E-state index in [2.05, 4.69) is 5.32 Å². The van der Waals surface area contributed by atoms with Gasteiger partial charge in [0.25, 0.3) is 0 Å². The molecule has 0 aliphatic heterocycles. The van der Waals surface area contributed by atoms with Gasteiger partial charge in [-0.2, -0.15) is 0 Å². The second-order valence-electron chi connectivity index (χ2n) is 4.90. The average Bonchev–Trinajstić information content (AvgIpc) is 2.26. The van der Waals surface area contributed by atoms with Gasteiger partial charge in [-0.25, -0.2) is 4.39 Å². The second-order valence-corrected chi connectivity index (χ2v) is 4.90. The molecule has 1 atom stereocenters. The van der Waals surface area contributed by atoms with E-state index >= 15 is 0 Å². The molecule has 3 nitrogen and oxygen atoms in total. The SMILES string of the molecule is C[C@@H](N)C(=O)NCC(C)(C)c1cccc(F)c1. The fourth-order valence-electron chi connectivity index (χ4n) is 1.48. The number of amides is 1. The predicted octanol–water partition coefficient (Wildman–Crippen LogP) is 1.57. The van der Waals surface area contributed by atoms with Gasteiger partial charge in [-0.1, -0.05) is 26.0 Å². The van der Waals surface area contributed by atoms with Crippen molar-refractivity contribution in [2.75, 3.05) is 6.54 Å². The summed E-state index contributed by atoms with van der Waals surface area (Å²) in [5, 5.41) is 2.75. The Morgan fingerprint density at radius 3 is 2.71 bits per heavy atom. The number of nitrogens with two attached hydrogens (primary N) is 1. The quantitative estimate of drug-likeness (QED) is 0.836. The molecule has 1 aromatic rings. The van der Waals surface area contributed by atoms with Gasteiger partial charge < -0.3 is 11.1 Å². The van der Waals surface area contributed by atoms with E-state index in [9.17, 15) is 9.18 Å². The summed E-state index contributed by atoms with van der Waals surface area (Å²) < 4.78 is 13.1. The fraction of sp³-hybridized carbons (Fsp3) is 0.462. The summed E-state index contributed by atoms with van der Waals surface area (Å²) in [6.45, 7) is 5.95. The highest BCUT2D eigenvalue weighted by Crippen LogP contribution is 2.22. The van der Waals surface area contributed by atoms with Gasteiger partial charge in [0.05, 0.1) is 6.04 Å². The Hall–Kier alpha value is -1.42. The molecule has 1 aromatic carbocycles. The predicted molar refractivity (Wildman–Crippen MR) is 66.1 cm³/mol. The number of halogens is 1. The third-order valence-electron chi connectivity index (χ3n) is 2.72. The van der Waals surface area contributed by atoms with Gasteiger partial charge in [-0.05, 0) is 24.6 Å². The van der Waals surface area contributed by atoms with Crippen LogP contribution in [0.15, 0.2) is 24.3 Å². The van der Waals surface area contributed by atoms with Crippen LogP contribution in [0, 0.1) is 5.82 Å². The van der Waals surface area contributed by atoms with Gasteiger partial charge >= 0.3 is 0 Å². The molecule has 3 N–H and O–H groups in total. The summed E-state index contributed by atoms with van der Waals surface area (Å²) in [7, 11) is 0. The molecule has 0 fully saturated rings. The molecule has 17 heavy (non-hydrogen) atoms. The van der Waals surface area contributed by atoms with Gasteiger partial charge in [0.2, 0.25) is 5.91 Å². The van der Waals surface area contributed by atoms with Crippen LogP contribution in [0.5, 0.6) is 0 Å². The van der Waals surface area contributed by atoms with Gasteiger partial charge in [-0.3, -0.25) is 4.79 Å². The summed E-state index contributed by atoms with van der Waals surface area (Å²) in [6.07, 6.45) is 0. The zero-order valence-electron chi connectivity index (χ0n) is 10.5. The molecule has 0 saturated heterocycles. The standard InChI is InChI=1S/C13H19FN2O/c1-9(15)12(17)16-8-13(2,3)10-5-4-6-11(14)7-10/h4-7,9H,8,15H2,1-3H3,(H,16,17)/t9-/m1/s1. The Bertz CT molecular complexity index is 402. The zero-order chi connectivity index (χ0) is 13.1. The van der Waals surface area contributed by atoms with Crippen molar-refractivity contribution in [1.82, 2.24) is 5.32 Å². The summed E-state index contributed by atoms with van der Waals surface area (Å²) >= 11 is 0. The molecule has 94 valence electrons. The van der Waals surface area contributed by atoms with Gasteiger partial charge in [-0.15, -0.1) is 0 Å². The van der Waals surface area contributed by atoms with E-state index in [0.29, 0.717) is 6.54 Å². The van der Waals surface area contributed by atoms with Crippen molar-refractivity contribution in [1.29, 1.82) is 0 Å². The van der Waals surface area contributed by atoms with E-state index in [4.69, 9.17) is 5.73 Å². The van der Waals surface area contributed by atoms with Crippen LogP contribution in [0.3, 0.4) is 0 Å². The first kappa shape index (κ1) is 13.6. The number of rotatable bonds is 4. The minimum atomic E-state index is -0.529. The fourth-order valence-corrected chi connectivity index (χ4v) is 1.48. The number of hydrogen-bond donors (Lipinski definition) is 2. The molecule has 1 rings (SSSR count). The minimum absolute atomic E-state index is 0.200. The van der Waals surface area contributed by atoms with E-state index < -0.39 is 6.04 Å². The number of hydrogen-bond acceptors (Lipinski definition) is 2. The maximum Gasteiger partial charge on any atom is 0.236 e. The van der Waals surface area contributed by atoms with Crippen molar-refractivity contribution in [2.45, 2.75) is 32.2 Å². The molecule has 0 spiro atoms. The highest BCUT2D eigenvalue weighted by atomic mass is 19.1. The van der Waals surface area contributed by atoms with Crippen molar-refractivity contribution in [2.24, 2.45) is 5.73 Å². The minimum Gasteiger partial charge on any atom is -0.354 e. The molecule has 4 heteroatoms. The van der Waals surface area contributed by atoms with Crippen molar-refractivity contribution >= 4 is 5.91 Å². The Balaban J connectivity index is 2.72. The largest absolute Gasteiger partial charge is 0.354 e. The van der Waals surface area contributed by atoms with E-state index in [1.807, 2.05) is 19.9 Å². The van der Waals surface area contributed by atoms with Crippen LogP contribution < -0.4 is 11.1 Å². The average molecular weight is 238 g/mol. The van der Waals surface area contributed by atoms with Crippen molar-refractivity contribution in [3.63, 3.8) is 0 Å². The monoisotopic (exact) mass is 238 g/mol. The molecule has 1 amide bonds. The lowest BCUT2D eigenvalue weighted by Gasteiger charge is -2.26. The summed E-state index contributed by atoms with van der Waals surface area (Å²) in [6, 6.07) is 5.87. The smallest absolute Gasteiger partial charge is 0.236 e. The van der Waals surface area contributed by atoms with E-state index in [0.717, 1.165) is 5.56 Å². The van der Waals surface area contributed by atoms with Crippen LogP contribution in [0.2, 0.25) is 0 Å². The highest BCUT2D eigenvalue weighted by Gasteiger charge is 2.22. The molecule has 0 bridgehead atoms. The molecule has 0 aromatic heterocycles. The Morgan fingerprint density at radius 1 is 1.53 bits per heavy atom. The first-order valence-corrected chi connectivity index (χ1v) is 5.62. The first-order valence-electron chi connectivity index (χ1n) is 5.62. The van der Waals surface area contributed by atoms with Crippen molar-refractivity contribution in [3.8, 4) is 0 Å². The topological polar surface area (TPSA) is 55.1 Å². The highest BCUT2D eigenvalue weighted by molar-refractivity contribution is 5.81. The summed E-state index contributed by atoms with van der Waals surface area (Å²) in [4.78, 5) is 11.4. The van der Waals surface area contributed by atoms with Gasteiger partial charge in [0.1, 0.15) is 5.82 Å². The van der Waals surface area contributed by atoms with Crippen LogP contribution in [-0.4, -0.2) is 18.5 Å². The normalized spacial score (nSPS) is 13.2. The Kier molecular flexibility index (Phi) is 4.23. The molecule has 0 unspecified atom stereocenters. The Labute approximate surface area is 101 Å². The van der Waals surface area contributed by atoms with Crippen LogP contribution in [0.1, 0.15) is 26.3 Å². The van der Waals surface area contributed by atoms with Gasteiger partial charge in [0.15, 0.2) is 0 Å². The van der Waals surface area contributed by atoms with Crippen molar-refractivity contribution in [3.05, 3.63) is 35.6 Å². The third-order valence-corrected chi connectivity index (χ3v) is 2.72. The lowest BCUT2D eigenvalue weighted by molar-refractivity contribution is -0.122. The summed E-state index contributed by atoms with van der Waals surface area (Å²) in [5.74, 6) is -0.469. The number of benzene rings is 1. The zero-order valence-corrected chi connectivity index (χ0v) is 10.5. The molecular formula is C13H19FN2O. The third kappa shape index (κ3) is 3.82. The lowest BCUT2D eigenvalue weighted by Crippen LogP contribution is -2.43. The van der Waals surface area contributed by atoms with Crippen LogP contribution in [-0.2, 0) is 10.2 Å². The van der Waals surface area contributed by atoms with E-state index in [1.165, 1.54) is 12.1 Å². The molecule has 0 heterocycles.